The Balaban J connectivity index is -0.000000270. The van der Waals surface area contributed by atoms with E-state index in [0.717, 1.165) is 0 Å². The summed E-state index contributed by atoms with van der Waals surface area (Å²) in [4.78, 5) is 7.81. The highest BCUT2D eigenvalue weighted by Gasteiger charge is 2.06. The average Bonchev–Trinajstić information content (AvgIpc) is 2.88. The minimum absolute atomic E-state index is 0. The third-order valence-electron chi connectivity index (χ3n) is 1.87. The first-order valence-corrected chi connectivity index (χ1v) is 5.51. The molecule has 21 heavy (non-hydrogen) atoms. The molecule has 124 valence electrons. The number of halogens is 2. The van der Waals surface area contributed by atoms with Crippen LogP contribution in [0.15, 0.2) is 9.05 Å². The predicted molar refractivity (Wildman–Crippen MR) is 81.4 cm³/mol. The topological polar surface area (TPSA) is 161 Å². The Morgan fingerprint density at radius 3 is 1.19 bits per heavy atom. The van der Waals surface area contributed by atoms with Gasteiger partial charge in [-0.05, 0) is 27.7 Å². The van der Waals surface area contributed by atoms with E-state index in [0.29, 0.717) is 23.4 Å². The van der Waals surface area contributed by atoms with E-state index in [4.69, 9.17) is 20.5 Å². The molecule has 0 aliphatic heterocycles. The number of nitrogens with two attached hydrogens (primary N) is 2. The Hall–Kier alpha value is -1.26. The molecule has 0 saturated carbocycles. The average molecular weight is 345 g/mol. The second-order valence-corrected chi connectivity index (χ2v) is 3.94. The first-order valence-electron chi connectivity index (χ1n) is 5.51. The standard InChI is InChI=1S/2C5H9N3O.2ClH.H2O/c2*1-3(6)5-7-4(2)8-9-5;;;/h2*3H,6H2,1-2H3;2*1H;1H2. The summed E-state index contributed by atoms with van der Waals surface area (Å²) in [5.41, 5.74) is 10.9. The summed E-state index contributed by atoms with van der Waals surface area (Å²) in [5.74, 6) is 2.24. The van der Waals surface area contributed by atoms with Gasteiger partial charge in [-0.1, -0.05) is 10.3 Å². The molecule has 9 nitrogen and oxygen atoms in total. The zero-order chi connectivity index (χ0) is 13.7. The van der Waals surface area contributed by atoms with E-state index in [1.807, 2.05) is 0 Å². The number of rotatable bonds is 2. The van der Waals surface area contributed by atoms with Gasteiger partial charge in [0.15, 0.2) is 11.6 Å². The Kier molecular flexibility index (Phi) is 13.4. The third-order valence-corrected chi connectivity index (χ3v) is 1.87. The van der Waals surface area contributed by atoms with Crippen molar-refractivity contribution in [2.45, 2.75) is 39.8 Å². The highest BCUT2D eigenvalue weighted by molar-refractivity contribution is 5.85. The minimum atomic E-state index is -0.161. The van der Waals surface area contributed by atoms with Gasteiger partial charge in [0.25, 0.3) is 0 Å². The number of aromatic nitrogens is 4. The number of nitrogens with zero attached hydrogens (tertiary/aromatic N) is 4. The van der Waals surface area contributed by atoms with Crippen molar-refractivity contribution in [1.82, 2.24) is 20.3 Å². The van der Waals surface area contributed by atoms with E-state index in [9.17, 15) is 0 Å². The van der Waals surface area contributed by atoms with Crippen molar-refractivity contribution in [3.8, 4) is 0 Å². The molecule has 0 spiro atoms. The molecule has 2 aromatic heterocycles. The van der Waals surface area contributed by atoms with Gasteiger partial charge in [-0.2, -0.15) is 9.97 Å². The fourth-order valence-corrected chi connectivity index (χ4v) is 0.996. The molecule has 2 heterocycles. The molecule has 0 bridgehead atoms. The van der Waals surface area contributed by atoms with Gasteiger partial charge >= 0.3 is 0 Å². The fourth-order valence-electron chi connectivity index (χ4n) is 0.996. The van der Waals surface area contributed by atoms with Gasteiger partial charge in [0.2, 0.25) is 11.8 Å². The monoisotopic (exact) mass is 344 g/mol. The van der Waals surface area contributed by atoms with Crippen LogP contribution in [0.3, 0.4) is 0 Å². The van der Waals surface area contributed by atoms with Crippen molar-refractivity contribution in [3.63, 3.8) is 0 Å². The van der Waals surface area contributed by atoms with Gasteiger partial charge in [-0.15, -0.1) is 24.8 Å². The van der Waals surface area contributed by atoms with E-state index in [-0.39, 0.29) is 42.4 Å². The van der Waals surface area contributed by atoms with Crippen LogP contribution < -0.4 is 11.5 Å². The molecule has 2 atom stereocenters. The maximum Gasteiger partial charge on any atom is 0.243 e. The van der Waals surface area contributed by atoms with E-state index in [2.05, 4.69) is 20.3 Å². The molecule has 2 aromatic rings. The molecular weight excluding hydrogens is 323 g/mol. The maximum atomic E-state index is 5.43. The molecule has 0 saturated heterocycles. The van der Waals surface area contributed by atoms with Crippen molar-refractivity contribution >= 4 is 24.8 Å². The molecule has 6 N–H and O–H groups in total. The van der Waals surface area contributed by atoms with Crippen molar-refractivity contribution in [2.24, 2.45) is 11.5 Å². The Bertz CT molecular complexity index is 444. The van der Waals surface area contributed by atoms with Crippen LogP contribution in [-0.2, 0) is 0 Å². The summed E-state index contributed by atoms with van der Waals surface area (Å²) < 4.78 is 9.48. The van der Waals surface area contributed by atoms with Gasteiger partial charge in [0.05, 0.1) is 12.1 Å². The smallest absolute Gasteiger partial charge is 0.243 e. The third kappa shape index (κ3) is 8.58. The summed E-state index contributed by atoms with van der Waals surface area (Å²) in [7, 11) is 0. The molecule has 0 aliphatic carbocycles. The van der Waals surface area contributed by atoms with Crippen LogP contribution >= 0.6 is 24.8 Å². The lowest BCUT2D eigenvalue weighted by atomic mass is 10.4. The van der Waals surface area contributed by atoms with Gasteiger partial charge in [-0.25, -0.2) is 0 Å². The van der Waals surface area contributed by atoms with Crippen LogP contribution in [0.1, 0.15) is 49.4 Å². The molecule has 2 rings (SSSR count). The Morgan fingerprint density at radius 1 is 0.810 bits per heavy atom. The number of hydrogen-bond acceptors (Lipinski definition) is 8. The zero-order valence-electron chi connectivity index (χ0n) is 12.2. The van der Waals surface area contributed by atoms with Gasteiger partial charge in [0.1, 0.15) is 0 Å². The highest BCUT2D eigenvalue weighted by Crippen LogP contribution is 2.04. The summed E-state index contributed by atoms with van der Waals surface area (Å²) >= 11 is 0. The van der Waals surface area contributed by atoms with Crippen molar-refractivity contribution in [1.29, 1.82) is 0 Å². The van der Waals surface area contributed by atoms with Gasteiger partial charge < -0.3 is 26.0 Å². The van der Waals surface area contributed by atoms with Crippen LogP contribution in [0, 0.1) is 13.8 Å². The first-order chi connectivity index (χ1) is 8.40. The van der Waals surface area contributed by atoms with Crippen molar-refractivity contribution < 1.29 is 14.5 Å². The van der Waals surface area contributed by atoms with Gasteiger partial charge in [-0.3, -0.25) is 0 Å². The summed E-state index contributed by atoms with van der Waals surface area (Å²) in [6.07, 6.45) is 0. The molecule has 0 fully saturated rings. The normalized spacial score (nSPS) is 11.7. The minimum Gasteiger partial charge on any atom is -0.412 e. The largest absolute Gasteiger partial charge is 0.412 e. The lowest BCUT2D eigenvalue weighted by molar-refractivity contribution is 0.358. The molecule has 11 heteroatoms. The quantitative estimate of drug-likeness (QED) is 0.808. The number of hydrogen-bond donors (Lipinski definition) is 2. The highest BCUT2D eigenvalue weighted by atomic mass is 35.5. The van der Waals surface area contributed by atoms with Crippen LogP contribution in [0.25, 0.3) is 0 Å². The summed E-state index contributed by atoms with van der Waals surface area (Å²) in [6.45, 7) is 7.12. The molecule has 2 unspecified atom stereocenters. The SMILES string of the molecule is Cc1noc(C(C)N)n1.Cc1noc(C(C)N)n1.Cl.Cl.O. The van der Waals surface area contributed by atoms with E-state index >= 15 is 0 Å². The molecule has 0 aliphatic rings. The lowest BCUT2D eigenvalue weighted by Crippen LogP contribution is -2.04. The second kappa shape index (κ2) is 11.4. The summed E-state index contributed by atoms with van der Waals surface area (Å²) in [6, 6.07) is -0.322. The van der Waals surface area contributed by atoms with Crippen LogP contribution in [0.4, 0.5) is 0 Å². The van der Waals surface area contributed by atoms with Crippen molar-refractivity contribution in [3.05, 3.63) is 23.4 Å². The van der Waals surface area contributed by atoms with Crippen molar-refractivity contribution in [2.75, 3.05) is 0 Å². The van der Waals surface area contributed by atoms with Gasteiger partial charge in [0, 0.05) is 0 Å². The van der Waals surface area contributed by atoms with E-state index in [1.165, 1.54) is 0 Å². The number of aryl methyl sites for hydroxylation is 2. The molecule has 0 aromatic carbocycles. The molecular formula is C10H22Cl2N6O3. The molecule has 0 amide bonds. The van der Waals surface area contributed by atoms with Crippen LogP contribution in [0.5, 0.6) is 0 Å². The fraction of sp³-hybridized carbons (Fsp3) is 0.600. The Labute approximate surface area is 135 Å². The molecule has 0 radical (unpaired) electrons. The van der Waals surface area contributed by atoms with Crippen LogP contribution in [0.2, 0.25) is 0 Å². The Morgan fingerprint density at radius 2 is 1.10 bits per heavy atom. The lowest BCUT2D eigenvalue weighted by Gasteiger charge is -1.91. The predicted octanol–water partition coefficient (Wildman–Crippen LogP) is 0.814. The van der Waals surface area contributed by atoms with E-state index in [1.54, 1.807) is 27.7 Å². The second-order valence-electron chi connectivity index (χ2n) is 3.94. The summed E-state index contributed by atoms with van der Waals surface area (Å²) in [5, 5.41) is 7.14. The van der Waals surface area contributed by atoms with E-state index < -0.39 is 0 Å². The van der Waals surface area contributed by atoms with Crippen LogP contribution in [-0.4, -0.2) is 25.8 Å². The maximum absolute atomic E-state index is 5.43. The first kappa shape index (κ1) is 24.7. The zero-order valence-corrected chi connectivity index (χ0v) is 13.9.